The van der Waals surface area contributed by atoms with E-state index in [1.807, 2.05) is 24.3 Å². The Bertz CT molecular complexity index is 658. The van der Waals surface area contributed by atoms with E-state index in [4.69, 9.17) is 5.73 Å². The number of para-hydroxylation sites is 1. The zero-order valence-electron chi connectivity index (χ0n) is 13.4. The van der Waals surface area contributed by atoms with E-state index < -0.39 is 11.2 Å². The first-order chi connectivity index (χ1) is 11.5. The number of carbonyl (C=O) groups is 3. The molecule has 1 aromatic carbocycles. The summed E-state index contributed by atoms with van der Waals surface area (Å²) in [7, 11) is 0. The third-order valence-corrected chi connectivity index (χ3v) is 5.75. The summed E-state index contributed by atoms with van der Waals surface area (Å²) in [5.41, 5.74) is 6.08. The van der Waals surface area contributed by atoms with E-state index in [9.17, 15) is 14.4 Å². The number of amides is 3. The fourth-order valence-electron chi connectivity index (χ4n) is 3.31. The van der Waals surface area contributed by atoms with Crippen LogP contribution in [-0.2, 0) is 14.4 Å². The van der Waals surface area contributed by atoms with Crippen molar-refractivity contribution in [2.24, 2.45) is 5.73 Å². The van der Waals surface area contributed by atoms with E-state index in [1.54, 1.807) is 4.90 Å². The number of hydrogen-bond donors (Lipinski definition) is 2. The molecule has 3 N–H and O–H groups in total. The summed E-state index contributed by atoms with van der Waals surface area (Å²) in [5, 5.41) is 2.36. The van der Waals surface area contributed by atoms with Crippen molar-refractivity contribution in [3.05, 3.63) is 24.3 Å². The van der Waals surface area contributed by atoms with Gasteiger partial charge < -0.3 is 16.0 Å². The molecule has 1 aliphatic heterocycles. The molecule has 0 saturated heterocycles. The van der Waals surface area contributed by atoms with Gasteiger partial charge >= 0.3 is 0 Å². The fourth-order valence-corrected chi connectivity index (χ4v) is 4.41. The molecule has 0 unspecified atom stereocenters. The summed E-state index contributed by atoms with van der Waals surface area (Å²) in [6, 6.07) is 7.60. The van der Waals surface area contributed by atoms with Gasteiger partial charge in [-0.15, -0.1) is 11.8 Å². The van der Waals surface area contributed by atoms with Gasteiger partial charge in [0, 0.05) is 17.4 Å². The Morgan fingerprint density at radius 1 is 1.25 bits per heavy atom. The molecule has 1 aromatic rings. The van der Waals surface area contributed by atoms with Crippen molar-refractivity contribution in [3.8, 4) is 0 Å². The number of benzene rings is 1. The van der Waals surface area contributed by atoms with Gasteiger partial charge in [-0.1, -0.05) is 25.0 Å². The lowest BCUT2D eigenvalue weighted by Crippen LogP contribution is -2.46. The van der Waals surface area contributed by atoms with Gasteiger partial charge in [0.2, 0.25) is 17.7 Å². The number of thioether (sulfide) groups is 1. The van der Waals surface area contributed by atoms with E-state index in [1.165, 1.54) is 11.8 Å². The normalized spacial score (nSPS) is 20.3. The number of rotatable bonds is 5. The topological polar surface area (TPSA) is 92.5 Å². The van der Waals surface area contributed by atoms with Crippen molar-refractivity contribution in [2.45, 2.75) is 48.3 Å². The number of hydrogen-bond acceptors (Lipinski definition) is 4. The molecule has 2 aliphatic rings. The molecule has 24 heavy (non-hydrogen) atoms. The maximum Gasteiger partial charge on any atom is 0.238 e. The highest BCUT2D eigenvalue weighted by Crippen LogP contribution is 2.37. The van der Waals surface area contributed by atoms with Gasteiger partial charge in [0.1, 0.15) is 0 Å². The predicted octanol–water partition coefficient (Wildman–Crippen LogP) is 1.75. The molecule has 3 amide bonds. The van der Waals surface area contributed by atoms with Crippen LogP contribution in [0.25, 0.3) is 0 Å². The first-order valence-electron chi connectivity index (χ1n) is 8.19. The Balaban J connectivity index is 1.70. The van der Waals surface area contributed by atoms with Gasteiger partial charge in [0.25, 0.3) is 0 Å². The van der Waals surface area contributed by atoms with E-state index in [0.29, 0.717) is 0 Å². The molecule has 0 spiro atoms. The number of anilines is 1. The fraction of sp³-hybridized carbons (Fsp3) is 0.471. The molecule has 1 heterocycles. The van der Waals surface area contributed by atoms with Gasteiger partial charge in [-0.25, -0.2) is 0 Å². The molecule has 7 heteroatoms. The van der Waals surface area contributed by atoms with Crippen LogP contribution in [0.5, 0.6) is 0 Å². The average Bonchev–Trinajstić information content (AvgIpc) is 3.07. The second-order valence-corrected chi connectivity index (χ2v) is 7.47. The van der Waals surface area contributed by atoms with Crippen molar-refractivity contribution in [2.75, 3.05) is 11.9 Å². The van der Waals surface area contributed by atoms with E-state index in [-0.39, 0.29) is 30.8 Å². The zero-order valence-corrected chi connectivity index (χ0v) is 14.2. The summed E-state index contributed by atoms with van der Waals surface area (Å²) < 4.78 is 0. The second-order valence-electron chi connectivity index (χ2n) is 6.22. The van der Waals surface area contributed by atoms with Crippen LogP contribution in [0.1, 0.15) is 32.1 Å². The molecular formula is C17H21N3O3S. The number of primary amides is 1. The summed E-state index contributed by atoms with van der Waals surface area (Å²) in [6.07, 6.45) is 3.98. The first-order valence-corrected chi connectivity index (χ1v) is 9.07. The molecule has 0 bridgehead atoms. The summed E-state index contributed by atoms with van der Waals surface area (Å²) in [6.45, 7) is -0.0703. The van der Waals surface area contributed by atoms with E-state index in [0.717, 1.165) is 36.3 Å². The Morgan fingerprint density at radius 2 is 1.96 bits per heavy atom. The first kappa shape index (κ1) is 16.8. The predicted molar refractivity (Wildman–Crippen MR) is 92.5 cm³/mol. The molecular weight excluding hydrogens is 326 g/mol. The highest BCUT2D eigenvalue weighted by atomic mass is 32.2. The van der Waals surface area contributed by atoms with Crippen molar-refractivity contribution in [1.29, 1.82) is 0 Å². The Morgan fingerprint density at radius 3 is 2.67 bits per heavy atom. The maximum absolute atomic E-state index is 12.7. The monoisotopic (exact) mass is 347 g/mol. The number of nitrogens with zero attached hydrogens (tertiary/aromatic N) is 1. The van der Waals surface area contributed by atoms with Crippen molar-refractivity contribution < 1.29 is 14.4 Å². The van der Waals surface area contributed by atoms with Crippen molar-refractivity contribution >= 4 is 35.2 Å². The van der Waals surface area contributed by atoms with Gasteiger partial charge in [0.15, 0.2) is 0 Å². The Hall–Kier alpha value is -2.02. The summed E-state index contributed by atoms with van der Waals surface area (Å²) in [4.78, 5) is 38.8. The molecule has 1 saturated carbocycles. The molecule has 1 atom stereocenters. The van der Waals surface area contributed by atoms with Crippen LogP contribution < -0.4 is 11.1 Å². The van der Waals surface area contributed by atoms with Crippen molar-refractivity contribution in [3.63, 3.8) is 0 Å². The van der Waals surface area contributed by atoms with Crippen LogP contribution >= 0.6 is 11.8 Å². The SMILES string of the molecule is NC(=O)CN(C(=O)C[C@@H]1Sc2ccccc2NC1=O)C1CCCC1. The molecule has 0 radical (unpaired) electrons. The third kappa shape index (κ3) is 3.72. The molecule has 3 rings (SSSR count). The van der Waals surface area contributed by atoms with Crippen LogP contribution in [0.4, 0.5) is 5.69 Å². The molecule has 128 valence electrons. The number of nitrogens with two attached hydrogens (primary N) is 1. The Kier molecular flexibility index (Phi) is 5.08. The highest BCUT2D eigenvalue weighted by molar-refractivity contribution is 8.01. The average molecular weight is 347 g/mol. The van der Waals surface area contributed by atoms with Crippen LogP contribution in [0.2, 0.25) is 0 Å². The van der Waals surface area contributed by atoms with E-state index >= 15 is 0 Å². The quantitative estimate of drug-likeness (QED) is 0.849. The third-order valence-electron chi connectivity index (χ3n) is 4.48. The van der Waals surface area contributed by atoms with Crippen LogP contribution in [0.3, 0.4) is 0 Å². The van der Waals surface area contributed by atoms with E-state index in [2.05, 4.69) is 5.32 Å². The Labute approximate surface area is 145 Å². The number of nitrogens with one attached hydrogen (secondary N) is 1. The molecule has 1 fully saturated rings. The lowest BCUT2D eigenvalue weighted by molar-refractivity contribution is -0.138. The minimum atomic E-state index is -0.513. The second kappa shape index (κ2) is 7.25. The van der Waals surface area contributed by atoms with Crippen LogP contribution in [0.15, 0.2) is 29.2 Å². The standard InChI is InChI=1S/C17H21N3O3S/c18-15(21)10-20(11-5-1-2-6-11)16(22)9-14-17(23)19-12-7-3-4-8-13(12)24-14/h3-4,7-8,11,14H,1-2,5-6,9-10H2,(H2,18,21)(H,19,23)/t14-/m0/s1. The molecule has 6 nitrogen and oxygen atoms in total. The zero-order chi connectivity index (χ0) is 17.1. The van der Waals surface area contributed by atoms with Gasteiger partial charge in [-0.3, -0.25) is 14.4 Å². The maximum atomic E-state index is 12.7. The van der Waals surface area contributed by atoms with Crippen LogP contribution in [-0.4, -0.2) is 40.5 Å². The van der Waals surface area contributed by atoms with Crippen molar-refractivity contribution in [1.82, 2.24) is 4.90 Å². The smallest absolute Gasteiger partial charge is 0.238 e. The molecule has 0 aromatic heterocycles. The van der Waals surface area contributed by atoms with Gasteiger partial charge in [0.05, 0.1) is 17.5 Å². The minimum Gasteiger partial charge on any atom is -0.368 e. The molecule has 1 aliphatic carbocycles. The van der Waals surface area contributed by atoms with Gasteiger partial charge in [-0.2, -0.15) is 0 Å². The minimum absolute atomic E-state index is 0.0638. The number of fused-ring (bicyclic) bond motifs is 1. The largest absolute Gasteiger partial charge is 0.368 e. The number of carbonyl (C=O) groups excluding carboxylic acids is 3. The highest BCUT2D eigenvalue weighted by Gasteiger charge is 2.33. The summed E-state index contributed by atoms with van der Waals surface area (Å²) in [5.74, 6) is -0.855. The lowest BCUT2D eigenvalue weighted by atomic mass is 10.1. The lowest BCUT2D eigenvalue weighted by Gasteiger charge is -2.30. The van der Waals surface area contributed by atoms with Crippen LogP contribution in [0, 0.1) is 0 Å². The summed E-state index contributed by atoms with van der Waals surface area (Å²) >= 11 is 1.40. The van der Waals surface area contributed by atoms with Gasteiger partial charge in [-0.05, 0) is 25.0 Å².